The minimum atomic E-state index is -1.42. The average molecular weight is 828 g/mol. The smallest absolute Gasteiger partial charge is 0.416 e. The minimum absolute atomic E-state index is 0.0571. The highest BCUT2D eigenvalue weighted by Gasteiger charge is 2.45. The standard InChI is InChI=1S/C44H53N5O11/c1-27-16-35(46(4)22-27)42(53)48(26-51)33-20-39(37(56-5)18-30(33)24-50)58-14-8-7-9-15-59-40-21-34-32(19-38(40)57-6)41(52)47-23-28(2)17-36(47)43(54)49(34)44(55)60-25-29-10-12-31(45-3)13-11-29/h10-13,18-24,26,35-36,42-43,45,53-54H,7-9,14-17,25H2,1-6H3. The quantitative estimate of drug-likeness (QED) is 0.0813. The van der Waals surface area contributed by atoms with Crippen LogP contribution < -0.4 is 34.1 Å². The van der Waals surface area contributed by atoms with Crippen LogP contribution in [-0.2, 0) is 16.1 Å². The average Bonchev–Trinajstić information content (AvgIpc) is 3.80. The zero-order valence-corrected chi connectivity index (χ0v) is 34.8. The highest BCUT2D eigenvalue weighted by molar-refractivity contribution is 6.06. The number of fused-ring (bicyclic) bond motifs is 2. The first-order valence-electron chi connectivity index (χ1n) is 19.8. The summed E-state index contributed by atoms with van der Waals surface area (Å²) >= 11 is 0. The summed E-state index contributed by atoms with van der Waals surface area (Å²) in [5, 5.41) is 25.9. The third-order valence-corrected chi connectivity index (χ3v) is 10.9. The van der Waals surface area contributed by atoms with Crippen molar-refractivity contribution in [2.45, 2.75) is 77.1 Å². The van der Waals surface area contributed by atoms with Crippen molar-refractivity contribution in [1.82, 2.24) is 9.80 Å². The maximum atomic E-state index is 13.9. The van der Waals surface area contributed by atoms with E-state index in [0.717, 1.165) is 32.2 Å². The van der Waals surface area contributed by atoms with Crippen molar-refractivity contribution in [3.63, 3.8) is 0 Å². The van der Waals surface area contributed by atoms with Gasteiger partial charge in [0.2, 0.25) is 6.41 Å². The van der Waals surface area contributed by atoms with Crippen molar-refractivity contribution in [1.29, 1.82) is 0 Å². The number of nitrogens with one attached hydrogen (secondary N) is 1. The summed E-state index contributed by atoms with van der Waals surface area (Å²) in [6.07, 6.45) is 3.99. The van der Waals surface area contributed by atoms with Gasteiger partial charge >= 0.3 is 6.09 Å². The lowest BCUT2D eigenvalue weighted by Gasteiger charge is -2.33. The fourth-order valence-electron chi connectivity index (χ4n) is 7.74. The van der Waals surface area contributed by atoms with Gasteiger partial charge < -0.3 is 49.0 Å². The Morgan fingerprint density at radius 2 is 1.57 bits per heavy atom. The van der Waals surface area contributed by atoms with Gasteiger partial charge in [0.15, 0.2) is 41.7 Å². The van der Waals surface area contributed by atoms with Gasteiger partial charge in [0, 0.05) is 43.7 Å². The molecule has 3 amide bonds. The van der Waals surface area contributed by atoms with Crippen LogP contribution in [0.1, 0.15) is 72.2 Å². The van der Waals surface area contributed by atoms with Gasteiger partial charge in [0.25, 0.3) is 5.91 Å². The van der Waals surface area contributed by atoms with E-state index in [9.17, 15) is 29.4 Å². The Morgan fingerprint density at radius 1 is 0.917 bits per heavy atom. The molecule has 320 valence electrons. The molecule has 3 aromatic rings. The molecule has 0 aliphatic carbocycles. The van der Waals surface area contributed by atoms with E-state index >= 15 is 0 Å². The lowest BCUT2D eigenvalue weighted by atomic mass is 10.1. The van der Waals surface area contributed by atoms with Crippen LogP contribution in [0.25, 0.3) is 0 Å². The zero-order chi connectivity index (χ0) is 43.1. The van der Waals surface area contributed by atoms with E-state index in [-0.39, 0.29) is 53.8 Å². The summed E-state index contributed by atoms with van der Waals surface area (Å²) in [6, 6.07) is 12.3. The van der Waals surface area contributed by atoms with E-state index in [1.165, 1.54) is 43.4 Å². The largest absolute Gasteiger partial charge is 0.493 e. The van der Waals surface area contributed by atoms with Crippen molar-refractivity contribution in [3.05, 3.63) is 88.8 Å². The molecule has 3 aliphatic heterocycles. The Balaban J connectivity index is 1.11. The molecule has 16 nitrogen and oxygen atoms in total. The summed E-state index contributed by atoms with van der Waals surface area (Å²) < 4.78 is 29.1. The maximum absolute atomic E-state index is 13.9. The van der Waals surface area contributed by atoms with Crippen LogP contribution in [0.3, 0.4) is 0 Å². The molecule has 0 aromatic heterocycles. The second kappa shape index (κ2) is 19.2. The number of hydrogen-bond acceptors (Lipinski definition) is 13. The molecule has 3 aromatic carbocycles. The predicted octanol–water partition coefficient (Wildman–Crippen LogP) is 5.67. The van der Waals surface area contributed by atoms with Crippen LogP contribution >= 0.6 is 0 Å². The van der Waals surface area contributed by atoms with E-state index in [1.54, 1.807) is 6.20 Å². The van der Waals surface area contributed by atoms with E-state index in [0.29, 0.717) is 56.3 Å². The van der Waals surface area contributed by atoms with Crippen LogP contribution in [0.2, 0.25) is 0 Å². The third-order valence-electron chi connectivity index (χ3n) is 10.9. The molecule has 16 heteroatoms. The van der Waals surface area contributed by atoms with Gasteiger partial charge in [-0.3, -0.25) is 19.3 Å². The van der Waals surface area contributed by atoms with E-state index in [2.05, 4.69) is 5.32 Å². The first kappa shape index (κ1) is 43.3. The molecule has 0 fully saturated rings. The predicted molar refractivity (Wildman–Crippen MR) is 224 cm³/mol. The topological polar surface area (TPSA) is 180 Å². The Morgan fingerprint density at radius 3 is 2.17 bits per heavy atom. The molecule has 0 saturated carbocycles. The molecule has 3 heterocycles. The summed E-state index contributed by atoms with van der Waals surface area (Å²) in [6.45, 7) is 4.25. The number of aldehydes is 1. The molecule has 0 spiro atoms. The summed E-state index contributed by atoms with van der Waals surface area (Å²) in [5.74, 6) is 0.743. The number of aliphatic hydroxyl groups excluding tert-OH is 2. The number of carbonyl (C=O) groups excluding carboxylic acids is 4. The van der Waals surface area contributed by atoms with Crippen LogP contribution in [0.15, 0.2) is 72.1 Å². The molecule has 4 atom stereocenters. The number of ether oxygens (including phenoxy) is 5. The van der Waals surface area contributed by atoms with Crippen molar-refractivity contribution >= 4 is 41.8 Å². The molecule has 3 aliphatic rings. The highest BCUT2D eigenvalue weighted by Crippen LogP contribution is 2.42. The zero-order valence-electron chi connectivity index (χ0n) is 34.8. The number of hydrogen-bond donors (Lipinski definition) is 3. The number of nitrogens with zero attached hydrogens (tertiary/aromatic N) is 4. The summed E-state index contributed by atoms with van der Waals surface area (Å²) in [5.41, 5.74) is 4.20. The van der Waals surface area contributed by atoms with Gasteiger partial charge in [-0.05, 0) is 82.0 Å². The van der Waals surface area contributed by atoms with Gasteiger partial charge in [0.1, 0.15) is 6.61 Å². The highest BCUT2D eigenvalue weighted by atomic mass is 16.6. The number of methoxy groups -OCH3 is 2. The number of likely N-dealkylation sites (N-methyl/N-ethyl adjacent to an activating group) is 1. The first-order valence-corrected chi connectivity index (χ1v) is 19.8. The normalized spacial score (nSPS) is 18.7. The summed E-state index contributed by atoms with van der Waals surface area (Å²) in [7, 11) is 6.53. The van der Waals surface area contributed by atoms with Crippen molar-refractivity contribution < 1.29 is 53.1 Å². The van der Waals surface area contributed by atoms with E-state index in [4.69, 9.17) is 23.7 Å². The number of amides is 3. The van der Waals surface area contributed by atoms with Gasteiger partial charge in [-0.25, -0.2) is 9.69 Å². The van der Waals surface area contributed by atoms with E-state index in [1.807, 2.05) is 63.3 Å². The van der Waals surface area contributed by atoms with Gasteiger partial charge in [-0.1, -0.05) is 23.3 Å². The number of rotatable bonds is 18. The Hall–Kier alpha value is -6.26. The SMILES string of the molecule is CNc1ccc(COC(=O)N2c3cc(OCCCCCOc4cc(N(C=O)C(O)C5CC(C)=CN5C)c(C=O)cc4OC)c(OC)cc3C(=O)N3C=C(C)CC3C2O)cc1. The van der Waals surface area contributed by atoms with Crippen LogP contribution in [0.5, 0.6) is 23.0 Å². The second-order valence-electron chi connectivity index (χ2n) is 15.0. The Bertz CT molecular complexity index is 2120. The molecule has 0 radical (unpaired) electrons. The number of carbonyl (C=O) groups is 4. The molecular formula is C44H53N5O11. The number of benzene rings is 3. The van der Waals surface area contributed by atoms with E-state index < -0.39 is 36.5 Å². The lowest BCUT2D eigenvalue weighted by Crippen LogP contribution is -2.50. The fourth-order valence-corrected chi connectivity index (χ4v) is 7.74. The monoisotopic (exact) mass is 827 g/mol. The van der Waals surface area contributed by atoms with Crippen molar-refractivity contribution in [2.24, 2.45) is 0 Å². The van der Waals surface area contributed by atoms with Gasteiger partial charge in [-0.15, -0.1) is 0 Å². The molecule has 3 N–H and O–H groups in total. The van der Waals surface area contributed by atoms with Crippen molar-refractivity contribution in [3.8, 4) is 23.0 Å². The third kappa shape index (κ3) is 9.14. The van der Waals surface area contributed by atoms with Crippen LogP contribution in [-0.4, -0.2) is 111 Å². The second-order valence-corrected chi connectivity index (χ2v) is 15.0. The summed E-state index contributed by atoms with van der Waals surface area (Å²) in [4.78, 5) is 57.7. The molecule has 60 heavy (non-hydrogen) atoms. The maximum Gasteiger partial charge on any atom is 0.416 e. The molecular weight excluding hydrogens is 775 g/mol. The Labute approximate surface area is 349 Å². The minimum Gasteiger partial charge on any atom is -0.493 e. The molecule has 6 rings (SSSR count). The van der Waals surface area contributed by atoms with Gasteiger partial charge in [0.05, 0.1) is 56.5 Å². The van der Waals surface area contributed by atoms with Crippen molar-refractivity contribution in [2.75, 3.05) is 56.6 Å². The lowest BCUT2D eigenvalue weighted by molar-refractivity contribution is -0.109. The molecule has 0 saturated heterocycles. The molecule has 4 unspecified atom stereocenters. The molecule has 0 bridgehead atoms. The number of aliphatic hydroxyl groups is 2. The number of anilines is 3. The first-order chi connectivity index (χ1) is 28.9. The fraction of sp³-hybridized carbons (Fsp3) is 0.409. The number of unbranched alkanes of at least 4 members (excludes halogenated alkanes) is 2. The van der Waals surface area contributed by atoms with Gasteiger partial charge in [-0.2, -0.15) is 0 Å². The van der Waals surface area contributed by atoms with Crippen LogP contribution in [0.4, 0.5) is 21.9 Å². The van der Waals surface area contributed by atoms with Crippen LogP contribution in [0, 0.1) is 0 Å². The Kier molecular flexibility index (Phi) is 13.9.